The number of aryl methyl sites for hydroxylation is 2. The largest absolute Gasteiger partial charge is 0.484 e. The van der Waals surface area contributed by atoms with E-state index in [9.17, 15) is 0 Å². The molecule has 1 aromatic heterocycles. The quantitative estimate of drug-likeness (QED) is 0.871. The minimum Gasteiger partial charge on any atom is -0.484 e. The van der Waals surface area contributed by atoms with E-state index in [0.717, 1.165) is 16.9 Å². The molecule has 1 heterocycles. The molecule has 0 spiro atoms. The van der Waals surface area contributed by atoms with Crippen molar-refractivity contribution in [1.29, 1.82) is 0 Å². The van der Waals surface area contributed by atoms with Crippen LogP contribution < -0.4 is 10.5 Å². The van der Waals surface area contributed by atoms with Gasteiger partial charge in [-0.2, -0.15) is 0 Å². The molecular formula is C13H17N3O2. The summed E-state index contributed by atoms with van der Waals surface area (Å²) in [6.45, 7) is 4.81. The van der Waals surface area contributed by atoms with Crippen LogP contribution in [0.5, 0.6) is 5.75 Å². The van der Waals surface area contributed by atoms with E-state index in [1.807, 2.05) is 32.0 Å². The summed E-state index contributed by atoms with van der Waals surface area (Å²) in [5, 5.41) is 7.79. The number of hydrogen-bond donors (Lipinski definition) is 1. The zero-order valence-electron chi connectivity index (χ0n) is 10.6. The van der Waals surface area contributed by atoms with Crippen molar-refractivity contribution < 1.29 is 9.15 Å². The molecule has 0 saturated carbocycles. The molecule has 0 aliphatic carbocycles. The molecular weight excluding hydrogens is 230 g/mol. The van der Waals surface area contributed by atoms with Crippen LogP contribution in [0, 0.1) is 13.8 Å². The predicted molar refractivity (Wildman–Crippen MR) is 67.3 cm³/mol. The van der Waals surface area contributed by atoms with Crippen LogP contribution in [0.3, 0.4) is 0 Å². The molecule has 2 rings (SSSR count). The first-order chi connectivity index (χ1) is 8.69. The number of nitrogens with two attached hydrogens (primary N) is 1. The highest BCUT2D eigenvalue weighted by Gasteiger charge is 2.07. The van der Waals surface area contributed by atoms with Gasteiger partial charge in [0.25, 0.3) is 5.89 Å². The Bertz CT molecular complexity index is 523. The van der Waals surface area contributed by atoms with Crippen molar-refractivity contribution >= 4 is 0 Å². The molecule has 96 valence electrons. The Kier molecular flexibility index (Phi) is 3.94. The van der Waals surface area contributed by atoms with E-state index >= 15 is 0 Å². The monoisotopic (exact) mass is 247 g/mol. The zero-order chi connectivity index (χ0) is 13.0. The third kappa shape index (κ3) is 3.07. The van der Waals surface area contributed by atoms with Crippen LogP contribution in [-0.2, 0) is 13.0 Å². The lowest BCUT2D eigenvalue weighted by Gasteiger charge is -2.07. The summed E-state index contributed by atoms with van der Waals surface area (Å²) >= 11 is 0. The van der Waals surface area contributed by atoms with Gasteiger partial charge in [-0.25, -0.2) is 0 Å². The smallest absolute Gasteiger partial charge is 0.253 e. The van der Waals surface area contributed by atoms with Gasteiger partial charge in [-0.3, -0.25) is 0 Å². The standard InChI is InChI=1S/C13H17N3O2/c1-9-3-4-10(2)11(7-9)17-8-13-16-15-12(18-13)5-6-14/h3-4,7H,5-6,8,14H2,1-2H3. The van der Waals surface area contributed by atoms with Gasteiger partial charge in [-0.05, 0) is 31.0 Å². The average Bonchev–Trinajstić information content (AvgIpc) is 2.79. The van der Waals surface area contributed by atoms with Crippen LogP contribution in [0.1, 0.15) is 22.9 Å². The van der Waals surface area contributed by atoms with E-state index in [1.165, 1.54) is 0 Å². The minimum absolute atomic E-state index is 0.280. The zero-order valence-corrected chi connectivity index (χ0v) is 10.6. The fourth-order valence-electron chi connectivity index (χ4n) is 1.57. The summed E-state index contributed by atoms with van der Waals surface area (Å²) in [6.07, 6.45) is 0.594. The second kappa shape index (κ2) is 5.64. The maximum absolute atomic E-state index is 5.67. The molecule has 0 bridgehead atoms. The van der Waals surface area contributed by atoms with Crippen molar-refractivity contribution in [2.45, 2.75) is 26.9 Å². The summed E-state index contributed by atoms with van der Waals surface area (Å²) < 4.78 is 11.1. The van der Waals surface area contributed by atoms with Gasteiger partial charge in [0.1, 0.15) is 5.75 Å². The molecule has 1 aromatic carbocycles. The van der Waals surface area contributed by atoms with Gasteiger partial charge in [0, 0.05) is 13.0 Å². The van der Waals surface area contributed by atoms with Crippen LogP contribution in [0.4, 0.5) is 0 Å². The van der Waals surface area contributed by atoms with Gasteiger partial charge in [0.05, 0.1) is 0 Å². The molecule has 0 aliphatic heterocycles. The van der Waals surface area contributed by atoms with E-state index in [1.54, 1.807) is 0 Å². The topological polar surface area (TPSA) is 74.2 Å². The lowest BCUT2D eigenvalue weighted by Crippen LogP contribution is -2.02. The Hall–Kier alpha value is -1.88. The summed E-state index contributed by atoms with van der Waals surface area (Å²) in [5.74, 6) is 1.87. The first kappa shape index (κ1) is 12.6. The molecule has 5 heteroatoms. The molecule has 0 atom stereocenters. The Morgan fingerprint density at radius 2 is 2.00 bits per heavy atom. The SMILES string of the molecule is Cc1ccc(C)c(OCc2nnc(CCN)o2)c1. The van der Waals surface area contributed by atoms with Crippen molar-refractivity contribution in [3.63, 3.8) is 0 Å². The van der Waals surface area contributed by atoms with Crippen molar-refractivity contribution in [1.82, 2.24) is 10.2 Å². The van der Waals surface area contributed by atoms with Crippen molar-refractivity contribution in [2.75, 3.05) is 6.54 Å². The van der Waals surface area contributed by atoms with Crippen LogP contribution in [0.25, 0.3) is 0 Å². The highest BCUT2D eigenvalue weighted by Crippen LogP contribution is 2.20. The molecule has 2 N–H and O–H groups in total. The van der Waals surface area contributed by atoms with Crippen LogP contribution in [0.15, 0.2) is 22.6 Å². The van der Waals surface area contributed by atoms with Crippen molar-refractivity contribution in [3.8, 4) is 5.75 Å². The number of ether oxygens (including phenoxy) is 1. The maximum Gasteiger partial charge on any atom is 0.253 e. The highest BCUT2D eigenvalue weighted by molar-refractivity contribution is 5.35. The van der Waals surface area contributed by atoms with E-state index in [4.69, 9.17) is 14.9 Å². The minimum atomic E-state index is 0.280. The number of benzene rings is 1. The van der Waals surface area contributed by atoms with Crippen molar-refractivity contribution in [2.24, 2.45) is 5.73 Å². The second-order valence-corrected chi connectivity index (χ2v) is 4.19. The number of nitrogens with zero attached hydrogens (tertiary/aromatic N) is 2. The van der Waals surface area contributed by atoms with Crippen LogP contribution in [0.2, 0.25) is 0 Å². The normalized spacial score (nSPS) is 10.6. The summed E-state index contributed by atoms with van der Waals surface area (Å²) in [4.78, 5) is 0. The van der Waals surface area contributed by atoms with E-state index in [-0.39, 0.29) is 6.61 Å². The Morgan fingerprint density at radius 1 is 1.22 bits per heavy atom. The first-order valence-corrected chi connectivity index (χ1v) is 5.90. The molecule has 0 amide bonds. The summed E-state index contributed by atoms with van der Waals surface area (Å²) in [6, 6.07) is 6.07. The average molecular weight is 247 g/mol. The molecule has 2 aromatic rings. The molecule has 5 nitrogen and oxygen atoms in total. The summed E-state index contributed by atoms with van der Waals surface area (Å²) in [7, 11) is 0. The highest BCUT2D eigenvalue weighted by atomic mass is 16.5. The third-order valence-electron chi connectivity index (χ3n) is 2.56. The van der Waals surface area contributed by atoms with E-state index < -0.39 is 0 Å². The Labute approximate surface area is 106 Å². The molecule has 18 heavy (non-hydrogen) atoms. The fraction of sp³-hybridized carbons (Fsp3) is 0.385. The maximum atomic E-state index is 5.67. The van der Waals surface area contributed by atoms with Gasteiger partial charge < -0.3 is 14.9 Å². The summed E-state index contributed by atoms with van der Waals surface area (Å²) in [5.41, 5.74) is 7.66. The van der Waals surface area contributed by atoms with Crippen molar-refractivity contribution in [3.05, 3.63) is 41.1 Å². The fourth-order valence-corrected chi connectivity index (χ4v) is 1.57. The van der Waals surface area contributed by atoms with E-state index in [0.29, 0.717) is 24.7 Å². The number of hydrogen-bond acceptors (Lipinski definition) is 5. The third-order valence-corrected chi connectivity index (χ3v) is 2.56. The van der Waals surface area contributed by atoms with Crippen LogP contribution in [-0.4, -0.2) is 16.7 Å². The van der Waals surface area contributed by atoms with E-state index in [2.05, 4.69) is 10.2 Å². The molecule has 0 radical (unpaired) electrons. The molecule has 0 saturated heterocycles. The van der Waals surface area contributed by atoms with Gasteiger partial charge in [0.2, 0.25) is 5.89 Å². The molecule has 0 fully saturated rings. The lowest BCUT2D eigenvalue weighted by atomic mass is 10.1. The molecule has 0 aliphatic rings. The lowest BCUT2D eigenvalue weighted by molar-refractivity contribution is 0.257. The number of aromatic nitrogens is 2. The van der Waals surface area contributed by atoms with Crippen LogP contribution >= 0.6 is 0 Å². The first-order valence-electron chi connectivity index (χ1n) is 5.90. The van der Waals surface area contributed by atoms with Gasteiger partial charge in [0.15, 0.2) is 6.61 Å². The van der Waals surface area contributed by atoms with Gasteiger partial charge >= 0.3 is 0 Å². The number of rotatable bonds is 5. The Morgan fingerprint density at radius 3 is 2.78 bits per heavy atom. The second-order valence-electron chi connectivity index (χ2n) is 4.19. The predicted octanol–water partition coefficient (Wildman–Crippen LogP) is 1.77. The van der Waals surface area contributed by atoms with Gasteiger partial charge in [-0.15, -0.1) is 10.2 Å². The Balaban J connectivity index is 1.99. The van der Waals surface area contributed by atoms with Gasteiger partial charge in [-0.1, -0.05) is 12.1 Å². The molecule has 0 unspecified atom stereocenters.